The fourth-order valence-corrected chi connectivity index (χ4v) is 0.437. The van der Waals surface area contributed by atoms with Gasteiger partial charge >= 0.3 is 5.97 Å². The fourth-order valence-electron chi connectivity index (χ4n) is 0.437. The van der Waals surface area contributed by atoms with Crippen molar-refractivity contribution in [1.29, 1.82) is 10.5 Å². The first kappa shape index (κ1) is 20.5. The second kappa shape index (κ2) is 19.7. The van der Waals surface area contributed by atoms with Crippen LogP contribution in [0.25, 0.3) is 0 Å². The second-order valence-corrected chi connectivity index (χ2v) is 3.09. The van der Waals surface area contributed by atoms with Gasteiger partial charge in [0.25, 0.3) is 0 Å². The monoisotopic (exact) mass is 240 g/mol. The molecule has 0 unspecified atom stereocenters. The van der Waals surface area contributed by atoms with Crippen molar-refractivity contribution in [2.75, 3.05) is 0 Å². The van der Waals surface area contributed by atoms with Crippen molar-refractivity contribution in [3.8, 4) is 12.1 Å². The summed E-state index contributed by atoms with van der Waals surface area (Å²) in [6.45, 7) is 5.22. The molecule has 17 heavy (non-hydrogen) atoms. The van der Waals surface area contributed by atoms with Gasteiger partial charge in [0.2, 0.25) is 0 Å². The van der Waals surface area contributed by atoms with Gasteiger partial charge in [-0.1, -0.05) is 13.8 Å². The molecular formula is C12H20N2O3. The van der Waals surface area contributed by atoms with Crippen molar-refractivity contribution in [1.82, 2.24) is 0 Å². The zero-order valence-corrected chi connectivity index (χ0v) is 10.7. The van der Waals surface area contributed by atoms with Gasteiger partial charge in [-0.15, -0.1) is 0 Å². The number of carboxylic acid groups (broad SMARTS) is 1. The molecule has 0 bridgehead atoms. The van der Waals surface area contributed by atoms with Crippen LogP contribution in [0.5, 0.6) is 0 Å². The summed E-state index contributed by atoms with van der Waals surface area (Å²) in [7, 11) is 0. The van der Waals surface area contributed by atoms with Crippen molar-refractivity contribution in [3.05, 3.63) is 0 Å². The Morgan fingerprint density at radius 1 is 1.06 bits per heavy atom. The minimum absolute atomic E-state index is 0.312. The van der Waals surface area contributed by atoms with Crippen LogP contribution >= 0.6 is 0 Å². The van der Waals surface area contributed by atoms with Gasteiger partial charge in [0.1, 0.15) is 12.2 Å². The number of unbranched alkanes of at least 4 members (excludes halogenated alkanes) is 2. The lowest BCUT2D eigenvalue weighted by Gasteiger charge is -1.80. The van der Waals surface area contributed by atoms with Gasteiger partial charge < -0.3 is 5.11 Å². The summed E-state index contributed by atoms with van der Waals surface area (Å²) in [6, 6.07) is 4.03. The van der Waals surface area contributed by atoms with Crippen LogP contribution in [0.4, 0.5) is 0 Å². The van der Waals surface area contributed by atoms with E-state index in [0.717, 1.165) is 12.8 Å². The molecule has 5 nitrogen and oxygen atoms in total. The molecule has 0 heterocycles. The molecule has 0 atom stereocenters. The van der Waals surface area contributed by atoms with Crippen molar-refractivity contribution < 1.29 is 14.7 Å². The molecule has 0 radical (unpaired) electrons. The van der Waals surface area contributed by atoms with E-state index in [1.807, 2.05) is 26.0 Å². The van der Waals surface area contributed by atoms with Crippen LogP contribution in [0.15, 0.2) is 0 Å². The molecule has 0 saturated heterocycles. The predicted molar refractivity (Wildman–Crippen MR) is 64.0 cm³/mol. The normalized spacial score (nSPS) is 7.12. The van der Waals surface area contributed by atoms with Crippen LogP contribution in [0.3, 0.4) is 0 Å². The summed E-state index contributed by atoms with van der Waals surface area (Å²) in [4.78, 5) is 19.5. The molecular weight excluding hydrogens is 220 g/mol. The smallest absolute Gasteiger partial charge is 0.310 e. The number of Topliss-reactive ketones (excluding diaryl/α,β-unsaturated/α-hetero) is 1. The van der Waals surface area contributed by atoms with Crippen LogP contribution in [0.1, 0.15) is 52.9 Å². The van der Waals surface area contributed by atoms with E-state index in [-0.39, 0.29) is 12.2 Å². The van der Waals surface area contributed by atoms with E-state index in [4.69, 9.17) is 15.6 Å². The topological polar surface area (TPSA) is 102 Å². The van der Waals surface area contributed by atoms with E-state index in [1.165, 1.54) is 6.92 Å². The van der Waals surface area contributed by atoms with Gasteiger partial charge in [0.05, 0.1) is 12.1 Å². The molecule has 0 aromatic heterocycles. The summed E-state index contributed by atoms with van der Waals surface area (Å²) in [6.07, 6.45) is 2.99. The standard InChI is InChI=1S/2C4H7N.C4H6O3/c2*1-2-3-4-5;1-3(5)2-4(6)7/h2*2-3H2,1H3;2H2,1H3,(H,6,7). The van der Waals surface area contributed by atoms with Gasteiger partial charge in [-0.05, 0) is 19.8 Å². The molecule has 0 aliphatic rings. The maximum Gasteiger partial charge on any atom is 0.310 e. The van der Waals surface area contributed by atoms with E-state index >= 15 is 0 Å². The third-order valence-electron chi connectivity index (χ3n) is 1.12. The Kier molecular flexibility index (Phi) is 23.7. The second-order valence-electron chi connectivity index (χ2n) is 3.09. The zero-order chi connectivity index (χ0) is 14.1. The van der Waals surface area contributed by atoms with Crippen molar-refractivity contribution in [2.24, 2.45) is 0 Å². The third kappa shape index (κ3) is 55.4. The molecule has 0 fully saturated rings. The average Bonchev–Trinajstić information content (AvgIpc) is 2.19. The lowest BCUT2D eigenvalue weighted by atomic mass is 10.3. The van der Waals surface area contributed by atoms with Crippen LogP contribution in [0, 0.1) is 22.7 Å². The van der Waals surface area contributed by atoms with E-state index < -0.39 is 5.97 Å². The van der Waals surface area contributed by atoms with Crippen molar-refractivity contribution >= 4 is 11.8 Å². The molecule has 0 amide bonds. The minimum atomic E-state index is -1.06. The summed E-state index contributed by atoms with van der Waals surface area (Å²) in [5.41, 5.74) is 0. The lowest BCUT2D eigenvalue weighted by molar-refractivity contribution is -0.139. The van der Waals surface area contributed by atoms with Crippen LogP contribution in [0.2, 0.25) is 0 Å². The van der Waals surface area contributed by atoms with Gasteiger partial charge in [-0.25, -0.2) is 0 Å². The first-order valence-electron chi connectivity index (χ1n) is 5.41. The first-order valence-corrected chi connectivity index (χ1v) is 5.41. The highest BCUT2D eigenvalue weighted by Crippen LogP contribution is 1.78. The Morgan fingerprint density at radius 3 is 1.41 bits per heavy atom. The van der Waals surface area contributed by atoms with Gasteiger partial charge in [0, 0.05) is 12.8 Å². The Balaban J connectivity index is -0.000000177. The Bertz CT molecular complexity index is 246. The average molecular weight is 240 g/mol. The molecule has 1 N–H and O–H groups in total. The third-order valence-corrected chi connectivity index (χ3v) is 1.12. The number of hydrogen-bond acceptors (Lipinski definition) is 4. The largest absolute Gasteiger partial charge is 0.481 e. The number of nitriles is 2. The minimum Gasteiger partial charge on any atom is -0.481 e. The van der Waals surface area contributed by atoms with Crippen LogP contribution in [-0.4, -0.2) is 16.9 Å². The molecule has 0 aromatic carbocycles. The lowest BCUT2D eigenvalue weighted by Crippen LogP contribution is -2.00. The number of carbonyl (C=O) groups is 2. The highest BCUT2D eigenvalue weighted by molar-refractivity contribution is 5.93. The van der Waals surface area contributed by atoms with Crippen molar-refractivity contribution in [2.45, 2.75) is 52.9 Å². The highest BCUT2D eigenvalue weighted by Gasteiger charge is 1.98. The van der Waals surface area contributed by atoms with E-state index in [2.05, 4.69) is 0 Å². The number of rotatable bonds is 4. The van der Waals surface area contributed by atoms with E-state index in [1.54, 1.807) is 0 Å². The summed E-state index contributed by atoms with van der Waals surface area (Å²) < 4.78 is 0. The number of carbonyl (C=O) groups excluding carboxylic acids is 1. The quantitative estimate of drug-likeness (QED) is 0.761. The Labute approximate surface area is 103 Å². The van der Waals surface area contributed by atoms with Gasteiger partial charge in [-0.2, -0.15) is 10.5 Å². The highest BCUT2D eigenvalue weighted by atomic mass is 16.4. The maximum atomic E-state index is 9.87. The number of aliphatic carboxylic acids is 1. The fraction of sp³-hybridized carbons (Fsp3) is 0.667. The Morgan fingerprint density at radius 2 is 1.41 bits per heavy atom. The number of nitrogens with zero attached hydrogens (tertiary/aromatic N) is 2. The molecule has 0 aromatic rings. The van der Waals surface area contributed by atoms with E-state index in [9.17, 15) is 9.59 Å². The molecule has 0 aliphatic heterocycles. The first-order chi connectivity index (χ1) is 7.95. The molecule has 0 saturated carbocycles. The number of carboxylic acids is 1. The van der Waals surface area contributed by atoms with E-state index in [0.29, 0.717) is 12.8 Å². The SMILES string of the molecule is CC(=O)CC(=O)O.CCCC#N.CCCC#N. The summed E-state index contributed by atoms with van der Waals surface area (Å²) in [5, 5.41) is 23.5. The van der Waals surface area contributed by atoms with Crippen molar-refractivity contribution in [3.63, 3.8) is 0 Å². The molecule has 0 spiro atoms. The van der Waals surface area contributed by atoms with Gasteiger partial charge in [-0.3, -0.25) is 9.59 Å². The molecule has 0 rings (SSSR count). The molecule has 0 aliphatic carbocycles. The summed E-state index contributed by atoms with van der Waals surface area (Å²) in [5.74, 6) is -1.37. The molecule has 5 heteroatoms. The maximum absolute atomic E-state index is 9.87. The summed E-state index contributed by atoms with van der Waals surface area (Å²) >= 11 is 0. The number of hydrogen-bond donors (Lipinski definition) is 1. The van der Waals surface area contributed by atoms with Crippen LogP contribution < -0.4 is 0 Å². The predicted octanol–water partition coefficient (Wildman–Crippen LogP) is 2.67. The number of ketones is 1. The Hall–Kier alpha value is -1.88. The van der Waals surface area contributed by atoms with Gasteiger partial charge in [0.15, 0.2) is 0 Å². The molecule has 96 valence electrons. The zero-order valence-electron chi connectivity index (χ0n) is 10.7. The van der Waals surface area contributed by atoms with Crippen LogP contribution in [-0.2, 0) is 9.59 Å².